The van der Waals surface area contributed by atoms with E-state index in [2.05, 4.69) is 15.8 Å². The molecule has 0 bridgehead atoms. The van der Waals surface area contributed by atoms with Gasteiger partial charge >= 0.3 is 18.1 Å². The highest BCUT2D eigenvalue weighted by Crippen LogP contribution is 2.39. The van der Waals surface area contributed by atoms with Crippen LogP contribution >= 0.6 is 11.6 Å². The first-order chi connectivity index (χ1) is 21.6. The maximum atomic E-state index is 13.7. The van der Waals surface area contributed by atoms with E-state index in [1.165, 1.54) is 56.3 Å². The lowest BCUT2D eigenvalue weighted by molar-refractivity contribution is -0.402. The number of nitro groups is 1. The van der Waals surface area contributed by atoms with Gasteiger partial charge in [0.25, 0.3) is 11.8 Å². The summed E-state index contributed by atoms with van der Waals surface area (Å²) in [6, 6.07) is 9.81. The number of allylic oxidation sites excluding steroid dienone is 1. The average Bonchev–Trinajstić information content (AvgIpc) is 3.54. The molecule has 0 saturated carbocycles. The number of alkyl halides is 3. The van der Waals surface area contributed by atoms with Crippen LogP contribution in [0.15, 0.2) is 76.3 Å². The van der Waals surface area contributed by atoms with Gasteiger partial charge in [0.15, 0.2) is 6.10 Å². The minimum Gasteiger partial charge on any atom is -0.401 e. The number of benzene rings is 2. The van der Waals surface area contributed by atoms with E-state index in [0.29, 0.717) is 5.02 Å². The predicted octanol–water partition coefficient (Wildman–Crippen LogP) is 5.06. The molecule has 2 atom stereocenters. The summed E-state index contributed by atoms with van der Waals surface area (Å²) in [7, 11) is 0. The first-order valence-electron chi connectivity index (χ1n) is 13.3. The predicted molar refractivity (Wildman–Crippen MR) is 161 cm³/mol. The van der Waals surface area contributed by atoms with Gasteiger partial charge in [0.05, 0.1) is 23.2 Å². The fourth-order valence-corrected chi connectivity index (χ4v) is 4.87. The van der Waals surface area contributed by atoms with E-state index in [1.54, 1.807) is 0 Å². The largest absolute Gasteiger partial charge is 0.433 e. The van der Waals surface area contributed by atoms with Crippen molar-refractivity contribution >= 4 is 59.0 Å². The van der Waals surface area contributed by atoms with Crippen LogP contribution in [-0.4, -0.2) is 63.2 Å². The molecular formula is C29H26ClF3N6O7. The van der Waals surface area contributed by atoms with Gasteiger partial charge in [-0.05, 0) is 80.6 Å². The topological polar surface area (TPSA) is 171 Å². The number of amides is 4. The van der Waals surface area contributed by atoms with Gasteiger partial charge in [-0.15, -0.1) is 0 Å². The monoisotopic (exact) mass is 662 g/mol. The molecule has 2 heterocycles. The Labute approximate surface area is 264 Å². The average molecular weight is 663 g/mol. The third-order valence-corrected chi connectivity index (χ3v) is 7.24. The number of halogens is 4. The van der Waals surface area contributed by atoms with Crippen molar-refractivity contribution in [1.82, 2.24) is 10.3 Å². The van der Waals surface area contributed by atoms with Crippen molar-refractivity contribution < 1.29 is 42.0 Å². The Kier molecular flexibility index (Phi) is 9.82. The summed E-state index contributed by atoms with van der Waals surface area (Å²) in [5.41, 5.74) is 0.0189. The smallest absolute Gasteiger partial charge is 0.401 e. The Morgan fingerprint density at radius 3 is 2.39 bits per heavy atom. The first-order valence-corrected chi connectivity index (χ1v) is 13.7. The Balaban J connectivity index is 1.55. The summed E-state index contributed by atoms with van der Waals surface area (Å²) in [5, 5.41) is 28.6. The number of rotatable bonds is 10. The lowest BCUT2D eigenvalue weighted by Crippen LogP contribution is -2.57. The standard InChI is InChI=1S/C29H26ClF3N6O7/c1-28(2)25(24(41)26(42)35-19-9-7-18(30)8-10-19)38(20-11-5-17(6-12-20)29(31,32)33)27(43)37(28)16-22(40)36-34-15-3-4-21-13-14-23(46-21)39(44)45/h3-15,24-25,41H,16H2,1-2H3,(H,35,42)(H,36,40). The van der Waals surface area contributed by atoms with E-state index >= 15 is 0 Å². The highest BCUT2D eigenvalue weighted by Gasteiger charge is 2.57. The zero-order valence-electron chi connectivity index (χ0n) is 24.1. The van der Waals surface area contributed by atoms with Crippen molar-refractivity contribution in [3.8, 4) is 0 Å². The first kappa shape index (κ1) is 33.7. The van der Waals surface area contributed by atoms with Crippen LogP contribution in [-0.2, 0) is 15.8 Å². The molecule has 1 saturated heterocycles. The number of hydrazone groups is 1. The fraction of sp³-hybridized carbons (Fsp3) is 0.241. The lowest BCUT2D eigenvalue weighted by Gasteiger charge is -2.36. The maximum Gasteiger partial charge on any atom is 0.433 e. The fourth-order valence-electron chi connectivity index (χ4n) is 4.74. The highest BCUT2D eigenvalue weighted by atomic mass is 35.5. The number of aliphatic hydroxyl groups is 1. The highest BCUT2D eigenvalue weighted by molar-refractivity contribution is 6.30. The number of carbonyl (C=O) groups excluding carboxylic acids is 3. The van der Waals surface area contributed by atoms with E-state index in [0.717, 1.165) is 46.3 Å². The van der Waals surface area contributed by atoms with Gasteiger partial charge in [-0.2, -0.15) is 18.3 Å². The van der Waals surface area contributed by atoms with Crippen molar-refractivity contribution in [2.75, 3.05) is 16.8 Å². The SMILES string of the molecule is CC1(C)C(C(O)C(=O)Nc2ccc(Cl)cc2)N(c2ccc(C(F)(F)F)cc2)C(=O)N1CC(=O)NN=CC=Cc1ccc([N+](=O)[O-])o1. The van der Waals surface area contributed by atoms with Crippen LogP contribution < -0.4 is 15.6 Å². The third kappa shape index (κ3) is 7.52. The van der Waals surface area contributed by atoms with Crippen molar-refractivity contribution in [2.24, 2.45) is 5.10 Å². The van der Waals surface area contributed by atoms with Gasteiger partial charge in [-0.3, -0.25) is 24.6 Å². The van der Waals surface area contributed by atoms with E-state index in [4.69, 9.17) is 16.0 Å². The van der Waals surface area contributed by atoms with Gasteiger partial charge in [-0.25, -0.2) is 10.2 Å². The Hall–Kier alpha value is -5.22. The minimum atomic E-state index is -4.65. The van der Waals surface area contributed by atoms with Crippen LogP contribution in [0.5, 0.6) is 0 Å². The van der Waals surface area contributed by atoms with Crippen LogP contribution in [0.1, 0.15) is 25.2 Å². The van der Waals surface area contributed by atoms with Crippen molar-refractivity contribution in [3.05, 3.63) is 93.2 Å². The number of aliphatic hydroxyl groups excluding tert-OH is 1. The van der Waals surface area contributed by atoms with Gasteiger partial charge in [0.2, 0.25) is 0 Å². The minimum absolute atomic E-state index is 0.0568. The van der Waals surface area contributed by atoms with Gasteiger partial charge in [-0.1, -0.05) is 11.6 Å². The number of nitrogens with zero attached hydrogens (tertiary/aromatic N) is 4. The number of hydrogen-bond acceptors (Lipinski definition) is 8. The van der Waals surface area contributed by atoms with Crippen molar-refractivity contribution in [1.29, 1.82) is 0 Å². The second-order valence-corrected chi connectivity index (χ2v) is 10.9. The summed E-state index contributed by atoms with van der Waals surface area (Å²) < 4.78 is 44.7. The van der Waals surface area contributed by atoms with Crippen molar-refractivity contribution in [2.45, 2.75) is 37.7 Å². The molecule has 4 amide bonds. The molecule has 1 aliphatic rings. The van der Waals surface area contributed by atoms with Gasteiger partial charge in [0.1, 0.15) is 17.2 Å². The molecule has 0 radical (unpaired) electrons. The Morgan fingerprint density at radius 1 is 1.15 bits per heavy atom. The summed E-state index contributed by atoms with van der Waals surface area (Å²) in [6.45, 7) is 2.36. The quantitative estimate of drug-likeness (QED) is 0.155. The number of carbonyl (C=O) groups is 3. The number of hydrogen-bond donors (Lipinski definition) is 3. The molecule has 0 aliphatic carbocycles. The zero-order chi connectivity index (χ0) is 33.8. The lowest BCUT2D eigenvalue weighted by atomic mass is 9.88. The molecule has 0 spiro atoms. The molecule has 1 aromatic heterocycles. The summed E-state index contributed by atoms with van der Waals surface area (Å²) in [6.07, 6.45) is -2.75. The molecule has 46 heavy (non-hydrogen) atoms. The summed E-state index contributed by atoms with van der Waals surface area (Å²) in [5.74, 6) is -2.01. The molecule has 3 N–H and O–H groups in total. The summed E-state index contributed by atoms with van der Waals surface area (Å²) >= 11 is 5.88. The molecule has 17 heteroatoms. The van der Waals surface area contributed by atoms with E-state index in [1.807, 2.05) is 0 Å². The molecule has 1 fully saturated rings. The maximum absolute atomic E-state index is 13.7. The summed E-state index contributed by atoms with van der Waals surface area (Å²) in [4.78, 5) is 51.7. The van der Waals surface area contributed by atoms with Crippen LogP contribution in [0.25, 0.3) is 6.08 Å². The third-order valence-electron chi connectivity index (χ3n) is 6.99. The normalized spacial score (nSPS) is 17.1. The number of anilines is 2. The van der Waals surface area contributed by atoms with Gasteiger partial charge < -0.3 is 19.7 Å². The van der Waals surface area contributed by atoms with Crippen LogP contribution in [0.3, 0.4) is 0 Å². The molecule has 1 aliphatic heterocycles. The van der Waals surface area contributed by atoms with E-state index in [-0.39, 0.29) is 17.1 Å². The Morgan fingerprint density at radius 2 is 1.80 bits per heavy atom. The second-order valence-electron chi connectivity index (χ2n) is 10.4. The molecule has 2 aromatic carbocycles. The molecule has 4 rings (SSSR count). The number of urea groups is 1. The molecule has 242 valence electrons. The molecule has 2 unspecified atom stereocenters. The number of nitrogens with one attached hydrogen (secondary N) is 2. The van der Waals surface area contributed by atoms with Crippen molar-refractivity contribution in [3.63, 3.8) is 0 Å². The molecule has 3 aromatic rings. The van der Waals surface area contributed by atoms with Crippen LogP contribution in [0, 0.1) is 10.1 Å². The van der Waals surface area contributed by atoms with E-state index in [9.17, 15) is 42.8 Å². The van der Waals surface area contributed by atoms with Crippen LogP contribution in [0.4, 0.5) is 35.2 Å². The molecule has 13 nitrogen and oxygen atoms in total. The van der Waals surface area contributed by atoms with Crippen LogP contribution in [0.2, 0.25) is 5.02 Å². The van der Waals surface area contributed by atoms with Gasteiger partial charge in [0, 0.05) is 22.6 Å². The second kappa shape index (κ2) is 13.4. The Bertz CT molecular complexity index is 1670. The zero-order valence-corrected chi connectivity index (χ0v) is 24.8. The van der Waals surface area contributed by atoms with E-state index < -0.39 is 64.6 Å². The number of furan rings is 1. The molecular weight excluding hydrogens is 637 g/mol.